The molecule has 0 saturated carbocycles. The van der Waals surface area contributed by atoms with Crippen LogP contribution < -0.4 is 5.32 Å². The molecule has 56 valence electrons. The Morgan fingerprint density at radius 2 is 2.30 bits per heavy atom. The van der Waals surface area contributed by atoms with Gasteiger partial charge >= 0.3 is 0 Å². The zero-order valence-corrected chi connectivity index (χ0v) is 6.42. The van der Waals surface area contributed by atoms with E-state index in [-0.39, 0.29) is 11.8 Å². The van der Waals surface area contributed by atoms with Crippen molar-refractivity contribution in [1.29, 1.82) is 0 Å². The Labute approximate surface area is 61.3 Å². The standard InChI is InChI=1S/C8H13NO/c1-6-3-4-7(5-6)8(10)9-2/h3-4,6-7H,5H2,1-2H3,(H,9,10)/t6-,7+/m0/s1. The maximum absolute atomic E-state index is 11.0. The number of nitrogens with one attached hydrogen (secondary N) is 1. The van der Waals surface area contributed by atoms with Crippen LogP contribution in [0.2, 0.25) is 0 Å². The van der Waals surface area contributed by atoms with Gasteiger partial charge in [0.2, 0.25) is 5.91 Å². The van der Waals surface area contributed by atoms with Gasteiger partial charge in [0.1, 0.15) is 0 Å². The van der Waals surface area contributed by atoms with Crippen molar-refractivity contribution in [1.82, 2.24) is 5.32 Å². The number of hydrogen-bond donors (Lipinski definition) is 1. The Hall–Kier alpha value is -0.790. The fourth-order valence-corrected chi connectivity index (χ4v) is 1.26. The zero-order chi connectivity index (χ0) is 7.56. The average Bonchev–Trinajstić information content (AvgIpc) is 2.34. The van der Waals surface area contributed by atoms with Crippen molar-refractivity contribution in [3.8, 4) is 0 Å². The summed E-state index contributed by atoms with van der Waals surface area (Å²) in [6, 6.07) is 0. The van der Waals surface area contributed by atoms with E-state index >= 15 is 0 Å². The molecule has 2 heteroatoms. The van der Waals surface area contributed by atoms with Crippen LogP contribution in [-0.2, 0) is 4.79 Å². The molecule has 0 bridgehead atoms. The van der Waals surface area contributed by atoms with Crippen LogP contribution in [0.15, 0.2) is 12.2 Å². The van der Waals surface area contributed by atoms with E-state index in [0.717, 1.165) is 6.42 Å². The van der Waals surface area contributed by atoms with Crippen LogP contribution >= 0.6 is 0 Å². The monoisotopic (exact) mass is 139 g/mol. The number of carbonyl (C=O) groups is 1. The van der Waals surface area contributed by atoms with Gasteiger partial charge in [-0.3, -0.25) is 4.79 Å². The molecule has 1 aliphatic rings. The molecule has 1 amide bonds. The quantitative estimate of drug-likeness (QED) is 0.538. The first-order valence-electron chi connectivity index (χ1n) is 3.64. The SMILES string of the molecule is CNC(=O)[C@@H]1C=C[C@H](C)C1. The Bertz CT molecular complexity index is 163. The predicted molar refractivity (Wildman–Crippen MR) is 40.5 cm³/mol. The van der Waals surface area contributed by atoms with E-state index in [2.05, 4.69) is 18.3 Å². The van der Waals surface area contributed by atoms with Crippen molar-refractivity contribution >= 4 is 5.91 Å². The van der Waals surface area contributed by atoms with Crippen molar-refractivity contribution in [3.05, 3.63) is 12.2 Å². The molecule has 0 spiro atoms. The Morgan fingerprint density at radius 1 is 1.60 bits per heavy atom. The van der Waals surface area contributed by atoms with E-state index in [1.807, 2.05) is 6.08 Å². The summed E-state index contributed by atoms with van der Waals surface area (Å²) in [5.41, 5.74) is 0. The second kappa shape index (κ2) is 2.86. The normalized spacial score (nSPS) is 30.6. The molecule has 0 aromatic carbocycles. The van der Waals surface area contributed by atoms with Crippen LogP contribution in [0, 0.1) is 11.8 Å². The van der Waals surface area contributed by atoms with Crippen molar-refractivity contribution < 1.29 is 4.79 Å². The van der Waals surface area contributed by atoms with Crippen LogP contribution in [0.5, 0.6) is 0 Å². The van der Waals surface area contributed by atoms with Gasteiger partial charge in [-0.2, -0.15) is 0 Å². The summed E-state index contributed by atoms with van der Waals surface area (Å²) in [4.78, 5) is 11.0. The number of rotatable bonds is 1. The summed E-state index contributed by atoms with van der Waals surface area (Å²) in [6.07, 6.45) is 5.06. The van der Waals surface area contributed by atoms with Gasteiger partial charge in [0.25, 0.3) is 0 Å². The van der Waals surface area contributed by atoms with Gasteiger partial charge in [-0.15, -0.1) is 0 Å². The molecule has 2 atom stereocenters. The van der Waals surface area contributed by atoms with Crippen molar-refractivity contribution in [3.63, 3.8) is 0 Å². The van der Waals surface area contributed by atoms with Crippen molar-refractivity contribution in [2.45, 2.75) is 13.3 Å². The number of amides is 1. The molecule has 1 aliphatic carbocycles. The largest absolute Gasteiger partial charge is 0.359 e. The maximum Gasteiger partial charge on any atom is 0.226 e. The first-order chi connectivity index (χ1) is 4.74. The summed E-state index contributed by atoms with van der Waals surface area (Å²) in [5, 5.41) is 2.64. The van der Waals surface area contributed by atoms with Crippen LogP contribution in [-0.4, -0.2) is 13.0 Å². The molecule has 0 fully saturated rings. The minimum absolute atomic E-state index is 0.125. The molecule has 0 aromatic rings. The first-order valence-corrected chi connectivity index (χ1v) is 3.64. The summed E-state index contributed by atoms with van der Waals surface area (Å²) < 4.78 is 0. The lowest BCUT2D eigenvalue weighted by molar-refractivity contribution is -0.123. The first kappa shape index (κ1) is 7.32. The minimum atomic E-state index is 0.125. The zero-order valence-electron chi connectivity index (χ0n) is 6.42. The highest BCUT2D eigenvalue weighted by atomic mass is 16.1. The molecule has 0 heterocycles. The molecule has 0 unspecified atom stereocenters. The molecular formula is C8H13NO. The van der Waals surface area contributed by atoms with Crippen LogP contribution in [0.4, 0.5) is 0 Å². The summed E-state index contributed by atoms with van der Waals surface area (Å²) in [6.45, 7) is 2.12. The summed E-state index contributed by atoms with van der Waals surface area (Å²) in [5.74, 6) is 0.836. The molecular weight excluding hydrogens is 126 g/mol. The van der Waals surface area contributed by atoms with E-state index in [1.165, 1.54) is 0 Å². The highest BCUT2D eigenvalue weighted by molar-refractivity contribution is 5.80. The van der Waals surface area contributed by atoms with Gasteiger partial charge in [-0.1, -0.05) is 19.1 Å². The van der Waals surface area contributed by atoms with Gasteiger partial charge in [-0.05, 0) is 12.3 Å². The van der Waals surface area contributed by atoms with Gasteiger partial charge in [0.15, 0.2) is 0 Å². The summed E-state index contributed by atoms with van der Waals surface area (Å²) >= 11 is 0. The third-order valence-corrected chi connectivity index (χ3v) is 1.88. The van der Waals surface area contributed by atoms with Crippen LogP contribution in [0.1, 0.15) is 13.3 Å². The van der Waals surface area contributed by atoms with Crippen LogP contribution in [0.25, 0.3) is 0 Å². The van der Waals surface area contributed by atoms with E-state index in [4.69, 9.17) is 0 Å². The lowest BCUT2D eigenvalue weighted by Crippen LogP contribution is -2.25. The maximum atomic E-state index is 11.0. The fraction of sp³-hybridized carbons (Fsp3) is 0.625. The number of allylic oxidation sites excluding steroid dienone is 1. The smallest absolute Gasteiger partial charge is 0.226 e. The second-order valence-corrected chi connectivity index (χ2v) is 2.82. The third-order valence-electron chi connectivity index (χ3n) is 1.88. The molecule has 0 aliphatic heterocycles. The van der Waals surface area contributed by atoms with Crippen molar-refractivity contribution in [2.24, 2.45) is 11.8 Å². The van der Waals surface area contributed by atoms with E-state index in [0.29, 0.717) is 5.92 Å². The molecule has 0 aromatic heterocycles. The van der Waals surface area contributed by atoms with Crippen LogP contribution in [0.3, 0.4) is 0 Å². The fourth-order valence-electron chi connectivity index (χ4n) is 1.26. The van der Waals surface area contributed by atoms with Gasteiger partial charge < -0.3 is 5.32 Å². The molecule has 10 heavy (non-hydrogen) atoms. The lowest BCUT2D eigenvalue weighted by atomic mass is 10.0. The Morgan fingerprint density at radius 3 is 2.70 bits per heavy atom. The highest BCUT2D eigenvalue weighted by Gasteiger charge is 2.20. The second-order valence-electron chi connectivity index (χ2n) is 2.82. The molecule has 0 radical (unpaired) electrons. The average molecular weight is 139 g/mol. The molecule has 1 rings (SSSR count). The Balaban J connectivity index is 2.46. The number of carbonyl (C=O) groups excluding carboxylic acids is 1. The molecule has 0 saturated heterocycles. The highest BCUT2D eigenvalue weighted by Crippen LogP contribution is 2.22. The lowest BCUT2D eigenvalue weighted by Gasteiger charge is -2.05. The Kier molecular flexibility index (Phi) is 2.10. The topological polar surface area (TPSA) is 29.1 Å². The number of hydrogen-bond acceptors (Lipinski definition) is 1. The minimum Gasteiger partial charge on any atom is -0.359 e. The van der Waals surface area contributed by atoms with Crippen molar-refractivity contribution in [2.75, 3.05) is 7.05 Å². The molecule has 1 N–H and O–H groups in total. The van der Waals surface area contributed by atoms with E-state index in [9.17, 15) is 4.79 Å². The third kappa shape index (κ3) is 1.38. The van der Waals surface area contributed by atoms with Gasteiger partial charge in [0.05, 0.1) is 5.92 Å². The van der Waals surface area contributed by atoms with E-state index in [1.54, 1.807) is 7.05 Å². The van der Waals surface area contributed by atoms with E-state index < -0.39 is 0 Å². The summed E-state index contributed by atoms with van der Waals surface area (Å²) in [7, 11) is 1.68. The van der Waals surface area contributed by atoms with Gasteiger partial charge in [0, 0.05) is 7.05 Å². The van der Waals surface area contributed by atoms with Gasteiger partial charge in [-0.25, -0.2) is 0 Å². The predicted octanol–water partition coefficient (Wildman–Crippen LogP) is 0.945. The molecule has 2 nitrogen and oxygen atoms in total.